The highest BCUT2D eigenvalue weighted by atomic mass is 16.5. The van der Waals surface area contributed by atoms with Crippen molar-refractivity contribution < 1.29 is 14.6 Å². The highest BCUT2D eigenvalue weighted by Gasteiger charge is 2.18. The van der Waals surface area contributed by atoms with Crippen LogP contribution in [0.5, 0.6) is 0 Å². The number of esters is 1. The summed E-state index contributed by atoms with van der Waals surface area (Å²) >= 11 is 0. The molecule has 1 aliphatic heterocycles. The number of carbonyl (C=O) groups excluding carboxylic acids is 1. The van der Waals surface area contributed by atoms with Crippen LogP contribution >= 0.6 is 0 Å². The van der Waals surface area contributed by atoms with Gasteiger partial charge in [-0.3, -0.25) is 4.90 Å². The molecule has 0 radical (unpaired) electrons. The van der Waals surface area contributed by atoms with Crippen molar-refractivity contribution in [2.75, 3.05) is 33.4 Å². The Balaban J connectivity index is 1.99. The fourth-order valence-electron chi connectivity index (χ4n) is 2.77. The number of ether oxygens (including phenoxy) is 1. The predicted octanol–water partition coefficient (Wildman–Crippen LogP) is 1.02. The van der Waals surface area contributed by atoms with Gasteiger partial charge in [-0.05, 0) is 37.1 Å². The smallest absolute Gasteiger partial charge is 0.337 e. The number of aliphatic hydroxyl groups is 1. The zero-order chi connectivity index (χ0) is 15.1. The third-order valence-electron chi connectivity index (χ3n) is 3.81. The quantitative estimate of drug-likeness (QED) is 0.735. The van der Waals surface area contributed by atoms with Crippen molar-refractivity contribution in [1.29, 1.82) is 0 Å². The summed E-state index contributed by atoms with van der Waals surface area (Å²) < 4.78 is 4.75. The Bertz CT molecular complexity index is 459. The molecule has 5 nitrogen and oxygen atoms in total. The van der Waals surface area contributed by atoms with Gasteiger partial charge in [-0.2, -0.15) is 0 Å². The number of nitrogens with zero attached hydrogens (tertiary/aromatic N) is 1. The molecule has 1 saturated heterocycles. The summed E-state index contributed by atoms with van der Waals surface area (Å²) in [5.74, 6) is -0.317. The summed E-state index contributed by atoms with van der Waals surface area (Å²) in [5, 5.41) is 12.7. The van der Waals surface area contributed by atoms with Crippen molar-refractivity contribution in [3.63, 3.8) is 0 Å². The molecule has 1 aromatic rings. The average molecular weight is 292 g/mol. The average Bonchev–Trinajstić information content (AvgIpc) is 3.00. The Kier molecular flexibility index (Phi) is 6.17. The number of methoxy groups -OCH3 is 1. The summed E-state index contributed by atoms with van der Waals surface area (Å²) in [4.78, 5) is 13.8. The molecule has 0 aliphatic carbocycles. The SMILES string of the molecule is COC(=O)c1cccc(CN(CCO)CC2CCCN2)c1. The van der Waals surface area contributed by atoms with Gasteiger partial charge in [-0.15, -0.1) is 0 Å². The van der Waals surface area contributed by atoms with Crippen molar-refractivity contribution in [2.24, 2.45) is 0 Å². The molecular weight excluding hydrogens is 268 g/mol. The highest BCUT2D eigenvalue weighted by Crippen LogP contribution is 2.12. The number of carbonyl (C=O) groups is 1. The standard InChI is InChI=1S/C16H24N2O3/c1-21-16(20)14-5-2-4-13(10-14)11-18(8-9-19)12-15-6-3-7-17-15/h2,4-5,10,15,17,19H,3,6-9,11-12H2,1H3. The molecule has 0 amide bonds. The first-order valence-electron chi connectivity index (χ1n) is 7.47. The van der Waals surface area contributed by atoms with Gasteiger partial charge in [0.15, 0.2) is 0 Å². The van der Waals surface area contributed by atoms with Gasteiger partial charge in [0.25, 0.3) is 0 Å². The Morgan fingerprint density at radius 3 is 3.05 bits per heavy atom. The second-order valence-electron chi connectivity index (χ2n) is 5.44. The first kappa shape index (κ1) is 15.9. The Hall–Kier alpha value is -1.43. The maximum absolute atomic E-state index is 11.6. The topological polar surface area (TPSA) is 61.8 Å². The van der Waals surface area contributed by atoms with Gasteiger partial charge in [-0.1, -0.05) is 12.1 Å². The van der Waals surface area contributed by atoms with Crippen LogP contribution in [0.15, 0.2) is 24.3 Å². The van der Waals surface area contributed by atoms with E-state index in [0.717, 1.165) is 25.2 Å². The Morgan fingerprint density at radius 1 is 1.52 bits per heavy atom. The van der Waals surface area contributed by atoms with Crippen LogP contribution in [-0.2, 0) is 11.3 Å². The van der Waals surface area contributed by atoms with E-state index in [4.69, 9.17) is 4.74 Å². The largest absolute Gasteiger partial charge is 0.465 e. The van der Waals surface area contributed by atoms with Crippen LogP contribution in [0.2, 0.25) is 0 Å². The fraction of sp³-hybridized carbons (Fsp3) is 0.562. The van der Waals surface area contributed by atoms with Crippen LogP contribution in [0.4, 0.5) is 0 Å². The third-order valence-corrected chi connectivity index (χ3v) is 3.81. The zero-order valence-corrected chi connectivity index (χ0v) is 12.5. The molecule has 1 aliphatic rings. The molecule has 0 aromatic heterocycles. The van der Waals surface area contributed by atoms with Crippen LogP contribution < -0.4 is 5.32 Å². The molecule has 1 heterocycles. The van der Waals surface area contributed by atoms with Crippen molar-refractivity contribution in [1.82, 2.24) is 10.2 Å². The number of hydrogen-bond acceptors (Lipinski definition) is 5. The molecule has 0 bridgehead atoms. The summed E-state index contributed by atoms with van der Waals surface area (Å²) in [7, 11) is 1.39. The first-order valence-corrected chi connectivity index (χ1v) is 7.47. The maximum Gasteiger partial charge on any atom is 0.337 e. The zero-order valence-electron chi connectivity index (χ0n) is 12.5. The van der Waals surface area contributed by atoms with Crippen LogP contribution in [0.1, 0.15) is 28.8 Å². The van der Waals surface area contributed by atoms with Crippen LogP contribution in [0.3, 0.4) is 0 Å². The molecule has 1 aromatic carbocycles. The summed E-state index contributed by atoms with van der Waals surface area (Å²) in [6.07, 6.45) is 2.40. The lowest BCUT2D eigenvalue weighted by Crippen LogP contribution is -2.38. The Labute approximate surface area is 125 Å². The molecule has 2 rings (SSSR count). The molecule has 2 N–H and O–H groups in total. The number of aliphatic hydroxyl groups excluding tert-OH is 1. The van der Waals surface area contributed by atoms with E-state index in [1.807, 2.05) is 18.2 Å². The highest BCUT2D eigenvalue weighted by molar-refractivity contribution is 5.89. The van der Waals surface area contributed by atoms with E-state index in [-0.39, 0.29) is 12.6 Å². The number of benzene rings is 1. The second kappa shape index (κ2) is 8.12. The number of rotatable bonds is 7. The van der Waals surface area contributed by atoms with Crippen molar-refractivity contribution in [2.45, 2.75) is 25.4 Å². The lowest BCUT2D eigenvalue weighted by Gasteiger charge is -2.25. The van der Waals surface area contributed by atoms with E-state index in [0.29, 0.717) is 18.2 Å². The molecule has 1 unspecified atom stereocenters. The van der Waals surface area contributed by atoms with Gasteiger partial charge in [0.2, 0.25) is 0 Å². The summed E-state index contributed by atoms with van der Waals surface area (Å²) in [5.41, 5.74) is 1.63. The normalized spacial score (nSPS) is 18.1. The van der Waals surface area contributed by atoms with Crippen molar-refractivity contribution >= 4 is 5.97 Å². The van der Waals surface area contributed by atoms with Crippen molar-refractivity contribution in [3.8, 4) is 0 Å². The van der Waals surface area contributed by atoms with Gasteiger partial charge < -0.3 is 15.2 Å². The van der Waals surface area contributed by atoms with Crippen LogP contribution in [0.25, 0.3) is 0 Å². The van der Waals surface area contributed by atoms with Crippen LogP contribution in [-0.4, -0.2) is 55.4 Å². The van der Waals surface area contributed by atoms with E-state index < -0.39 is 0 Å². The molecular formula is C16H24N2O3. The van der Waals surface area contributed by atoms with E-state index in [1.165, 1.54) is 20.0 Å². The predicted molar refractivity (Wildman–Crippen MR) is 81.2 cm³/mol. The van der Waals surface area contributed by atoms with Gasteiger partial charge in [0.1, 0.15) is 0 Å². The lowest BCUT2D eigenvalue weighted by atomic mass is 10.1. The van der Waals surface area contributed by atoms with E-state index in [1.54, 1.807) is 6.07 Å². The number of nitrogens with one attached hydrogen (secondary N) is 1. The van der Waals surface area contributed by atoms with Gasteiger partial charge in [0, 0.05) is 25.7 Å². The van der Waals surface area contributed by atoms with Gasteiger partial charge in [0.05, 0.1) is 19.3 Å². The monoisotopic (exact) mass is 292 g/mol. The Morgan fingerprint density at radius 2 is 2.38 bits per heavy atom. The molecule has 21 heavy (non-hydrogen) atoms. The molecule has 0 spiro atoms. The minimum Gasteiger partial charge on any atom is -0.465 e. The maximum atomic E-state index is 11.6. The molecule has 1 atom stereocenters. The van der Waals surface area contributed by atoms with E-state index in [2.05, 4.69) is 10.2 Å². The summed E-state index contributed by atoms with van der Waals surface area (Å²) in [6, 6.07) is 7.98. The fourth-order valence-corrected chi connectivity index (χ4v) is 2.77. The van der Waals surface area contributed by atoms with Gasteiger partial charge >= 0.3 is 5.97 Å². The van der Waals surface area contributed by atoms with E-state index in [9.17, 15) is 9.90 Å². The molecule has 0 saturated carbocycles. The van der Waals surface area contributed by atoms with E-state index >= 15 is 0 Å². The molecule has 116 valence electrons. The molecule has 1 fully saturated rings. The third kappa shape index (κ3) is 4.81. The second-order valence-corrected chi connectivity index (χ2v) is 5.44. The first-order chi connectivity index (χ1) is 10.2. The van der Waals surface area contributed by atoms with Gasteiger partial charge in [-0.25, -0.2) is 4.79 Å². The number of hydrogen-bond donors (Lipinski definition) is 2. The molecule has 5 heteroatoms. The minimum absolute atomic E-state index is 0.142. The lowest BCUT2D eigenvalue weighted by molar-refractivity contribution is 0.0600. The van der Waals surface area contributed by atoms with Crippen molar-refractivity contribution in [3.05, 3.63) is 35.4 Å². The summed E-state index contributed by atoms with van der Waals surface area (Å²) in [6.45, 7) is 3.51. The van der Waals surface area contributed by atoms with Crippen LogP contribution in [0, 0.1) is 0 Å². The minimum atomic E-state index is -0.317.